The average molecular weight is 275 g/mol. The summed E-state index contributed by atoms with van der Waals surface area (Å²) in [5.41, 5.74) is 7.67. The molecule has 1 aromatic carbocycles. The van der Waals surface area contributed by atoms with Crippen molar-refractivity contribution in [3.63, 3.8) is 0 Å². The SMILES string of the molecule is NCc1cccc(-c2nc(C3CCCCS3)no2)c1. The predicted molar refractivity (Wildman–Crippen MR) is 76.7 cm³/mol. The normalized spacial score (nSPS) is 19.5. The molecule has 0 radical (unpaired) electrons. The highest BCUT2D eigenvalue weighted by Gasteiger charge is 2.21. The number of benzene rings is 1. The van der Waals surface area contributed by atoms with Gasteiger partial charge in [-0.3, -0.25) is 0 Å². The van der Waals surface area contributed by atoms with Crippen LogP contribution in [0.25, 0.3) is 11.5 Å². The Kier molecular flexibility index (Phi) is 3.84. The Balaban J connectivity index is 1.83. The van der Waals surface area contributed by atoms with Gasteiger partial charge in [-0.05, 0) is 36.3 Å². The van der Waals surface area contributed by atoms with Crippen LogP contribution in [0.3, 0.4) is 0 Å². The Hall–Kier alpha value is -1.33. The third-order valence-electron chi connectivity index (χ3n) is 3.32. The van der Waals surface area contributed by atoms with Crippen molar-refractivity contribution in [2.24, 2.45) is 5.73 Å². The lowest BCUT2D eigenvalue weighted by molar-refractivity contribution is 0.420. The van der Waals surface area contributed by atoms with Crippen molar-refractivity contribution >= 4 is 11.8 Å². The number of hydrogen-bond acceptors (Lipinski definition) is 5. The van der Waals surface area contributed by atoms with E-state index >= 15 is 0 Å². The summed E-state index contributed by atoms with van der Waals surface area (Å²) in [7, 11) is 0. The summed E-state index contributed by atoms with van der Waals surface area (Å²) >= 11 is 1.93. The first-order chi connectivity index (χ1) is 9.36. The zero-order valence-electron chi connectivity index (χ0n) is 10.7. The lowest BCUT2D eigenvalue weighted by atomic mass is 10.1. The quantitative estimate of drug-likeness (QED) is 0.932. The van der Waals surface area contributed by atoms with E-state index in [0.29, 0.717) is 17.7 Å². The maximum atomic E-state index is 5.65. The van der Waals surface area contributed by atoms with E-state index in [9.17, 15) is 0 Å². The van der Waals surface area contributed by atoms with E-state index in [2.05, 4.69) is 10.1 Å². The second-order valence-electron chi connectivity index (χ2n) is 4.72. The predicted octanol–water partition coefficient (Wildman–Crippen LogP) is 3.15. The maximum Gasteiger partial charge on any atom is 0.257 e. The molecule has 0 saturated carbocycles. The minimum absolute atomic E-state index is 0.393. The van der Waals surface area contributed by atoms with Crippen molar-refractivity contribution in [3.8, 4) is 11.5 Å². The van der Waals surface area contributed by atoms with Crippen LogP contribution >= 0.6 is 11.8 Å². The molecule has 1 atom stereocenters. The van der Waals surface area contributed by atoms with Gasteiger partial charge in [0.25, 0.3) is 5.89 Å². The number of rotatable bonds is 3. The van der Waals surface area contributed by atoms with Gasteiger partial charge >= 0.3 is 0 Å². The summed E-state index contributed by atoms with van der Waals surface area (Å²) in [6, 6.07) is 7.95. The summed E-state index contributed by atoms with van der Waals surface area (Å²) < 4.78 is 5.39. The molecule has 1 aliphatic rings. The highest BCUT2D eigenvalue weighted by atomic mass is 32.2. The maximum absolute atomic E-state index is 5.65. The first-order valence-electron chi connectivity index (χ1n) is 6.61. The summed E-state index contributed by atoms with van der Waals surface area (Å²) in [5.74, 6) is 2.62. The molecule has 2 N–H and O–H groups in total. The lowest BCUT2D eigenvalue weighted by Crippen LogP contribution is -2.03. The van der Waals surface area contributed by atoms with Gasteiger partial charge in [-0.25, -0.2) is 0 Å². The molecular weight excluding hydrogens is 258 g/mol. The van der Waals surface area contributed by atoms with Crippen LogP contribution in [0, 0.1) is 0 Å². The second kappa shape index (κ2) is 5.75. The van der Waals surface area contributed by atoms with Crippen LogP contribution < -0.4 is 5.73 Å². The number of hydrogen-bond donors (Lipinski definition) is 1. The van der Waals surface area contributed by atoms with Crippen LogP contribution in [-0.2, 0) is 6.54 Å². The molecule has 0 bridgehead atoms. The Bertz CT molecular complexity index is 549. The van der Waals surface area contributed by atoms with Gasteiger partial charge in [-0.2, -0.15) is 16.7 Å². The minimum Gasteiger partial charge on any atom is -0.334 e. The highest BCUT2D eigenvalue weighted by molar-refractivity contribution is 7.99. The van der Waals surface area contributed by atoms with Crippen LogP contribution in [0.4, 0.5) is 0 Å². The van der Waals surface area contributed by atoms with Gasteiger partial charge in [0.1, 0.15) is 0 Å². The summed E-state index contributed by atoms with van der Waals surface area (Å²) in [6.45, 7) is 0.521. The van der Waals surface area contributed by atoms with Crippen LogP contribution in [0.5, 0.6) is 0 Å². The van der Waals surface area contributed by atoms with E-state index in [-0.39, 0.29) is 0 Å². The monoisotopic (exact) mass is 275 g/mol. The molecule has 100 valence electrons. The van der Waals surface area contributed by atoms with Gasteiger partial charge in [0.2, 0.25) is 0 Å². The van der Waals surface area contributed by atoms with E-state index < -0.39 is 0 Å². The van der Waals surface area contributed by atoms with Gasteiger partial charge in [-0.15, -0.1) is 0 Å². The lowest BCUT2D eigenvalue weighted by Gasteiger charge is -2.17. The van der Waals surface area contributed by atoms with Gasteiger partial charge in [-0.1, -0.05) is 23.7 Å². The van der Waals surface area contributed by atoms with Crippen molar-refractivity contribution in [1.82, 2.24) is 10.1 Å². The molecule has 1 saturated heterocycles. The van der Waals surface area contributed by atoms with Gasteiger partial charge in [0.15, 0.2) is 5.82 Å². The van der Waals surface area contributed by atoms with Crippen molar-refractivity contribution in [1.29, 1.82) is 0 Å². The van der Waals surface area contributed by atoms with Crippen molar-refractivity contribution < 1.29 is 4.52 Å². The van der Waals surface area contributed by atoms with E-state index in [4.69, 9.17) is 10.3 Å². The largest absolute Gasteiger partial charge is 0.334 e. The fraction of sp³-hybridized carbons (Fsp3) is 0.429. The first kappa shape index (κ1) is 12.7. The molecule has 2 aromatic rings. The molecule has 1 fully saturated rings. The molecule has 3 rings (SSSR count). The standard InChI is InChI=1S/C14H17N3OS/c15-9-10-4-3-5-11(8-10)14-16-13(17-18-14)12-6-1-2-7-19-12/h3-5,8,12H,1-2,6-7,9,15H2. The van der Waals surface area contributed by atoms with Crippen LogP contribution in [0.2, 0.25) is 0 Å². The smallest absolute Gasteiger partial charge is 0.257 e. The van der Waals surface area contributed by atoms with Crippen LogP contribution in [0.15, 0.2) is 28.8 Å². The zero-order chi connectivity index (χ0) is 13.1. The Morgan fingerprint density at radius 1 is 1.37 bits per heavy atom. The minimum atomic E-state index is 0.393. The molecule has 0 amide bonds. The molecule has 19 heavy (non-hydrogen) atoms. The van der Waals surface area contributed by atoms with Gasteiger partial charge < -0.3 is 10.3 Å². The van der Waals surface area contributed by atoms with Crippen LogP contribution in [0.1, 0.15) is 35.9 Å². The van der Waals surface area contributed by atoms with E-state index in [1.54, 1.807) is 0 Å². The first-order valence-corrected chi connectivity index (χ1v) is 7.66. The molecule has 5 heteroatoms. The Labute approximate surface area is 116 Å². The molecular formula is C14H17N3OS. The third-order valence-corrected chi connectivity index (χ3v) is 4.69. The molecule has 2 heterocycles. The van der Waals surface area contributed by atoms with Crippen molar-refractivity contribution in [2.75, 3.05) is 5.75 Å². The van der Waals surface area contributed by atoms with E-state index in [1.165, 1.54) is 18.6 Å². The number of nitrogens with zero attached hydrogens (tertiary/aromatic N) is 2. The topological polar surface area (TPSA) is 64.9 Å². The number of aromatic nitrogens is 2. The zero-order valence-corrected chi connectivity index (χ0v) is 11.5. The molecule has 1 unspecified atom stereocenters. The molecule has 0 spiro atoms. The fourth-order valence-corrected chi connectivity index (χ4v) is 3.49. The molecule has 1 aromatic heterocycles. The van der Waals surface area contributed by atoms with E-state index in [0.717, 1.165) is 23.4 Å². The van der Waals surface area contributed by atoms with Crippen molar-refractivity contribution in [3.05, 3.63) is 35.7 Å². The fourth-order valence-electron chi connectivity index (χ4n) is 2.26. The van der Waals surface area contributed by atoms with Gasteiger partial charge in [0.05, 0.1) is 5.25 Å². The number of nitrogens with two attached hydrogens (primary N) is 1. The van der Waals surface area contributed by atoms with Crippen LogP contribution in [-0.4, -0.2) is 15.9 Å². The summed E-state index contributed by atoms with van der Waals surface area (Å²) in [4.78, 5) is 4.54. The molecule has 4 nitrogen and oxygen atoms in total. The summed E-state index contributed by atoms with van der Waals surface area (Å²) in [6.07, 6.45) is 3.70. The third kappa shape index (κ3) is 2.82. The van der Waals surface area contributed by atoms with E-state index in [1.807, 2.05) is 36.0 Å². The number of thioether (sulfide) groups is 1. The molecule has 1 aliphatic heterocycles. The van der Waals surface area contributed by atoms with Crippen molar-refractivity contribution in [2.45, 2.75) is 31.1 Å². The average Bonchev–Trinajstić information content (AvgIpc) is 2.98. The second-order valence-corrected chi connectivity index (χ2v) is 6.03. The summed E-state index contributed by atoms with van der Waals surface area (Å²) in [5, 5.41) is 4.53. The molecule has 0 aliphatic carbocycles. The Morgan fingerprint density at radius 3 is 3.11 bits per heavy atom. The highest BCUT2D eigenvalue weighted by Crippen LogP contribution is 2.37. The Morgan fingerprint density at radius 2 is 2.32 bits per heavy atom. The van der Waals surface area contributed by atoms with Gasteiger partial charge in [0, 0.05) is 12.1 Å².